The fraction of sp³-hybridized carbons (Fsp3) is 0.524. The number of amides is 1. The number of aryl methyl sites for hydroxylation is 1. The van der Waals surface area contributed by atoms with E-state index in [4.69, 9.17) is 14.5 Å². The molecule has 2 atom stereocenters. The maximum atomic E-state index is 12.6. The predicted molar refractivity (Wildman–Crippen MR) is 107 cm³/mol. The van der Waals surface area contributed by atoms with E-state index in [1.165, 1.54) is 0 Å². The largest absolute Gasteiger partial charge is 0.493 e. The molecular weight excluding hydrogens is 358 g/mol. The number of benzene rings is 1. The Labute approximate surface area is 164 Å². The van der Waals surface area contributed by atoms with Gasteiger partial charge < -0.3 is 24.8 Å². The molecule has 0 radical (unpaired) electrons. The Balaban J connectivity index is 1.73. The van der Waals surface area contributed by atoms with Crippen LogP contribution in [0.3, 0.4) is 0 Å². The molecule has 4 rings (SSSR count). The SMILES string of the molecule is COc1cc2nc(N3CC[C@H](O)[C@@]4(CCCNC4=O)C3)cc(C)c2cc1OC. The van der Waals surface area contributed by atoms with Crippen LogP contribution < -0.4 is 19.7 Å². The minimum atomic E-state index is -0.751. The molecule has 1 aromatic carbocycles. The van der Waals surface area contributed by atoms with Crippen molar-refractivity contribution < 1.29 is 19.4 Å². The molecule has 1 spiro atoms. The molecule has 0 bridgehead atoms. The number of hydrogen-bond acceptors (Lipinski definition) is 6. The number of carbonyl (C=O) groups is 1. The van der Waals surface area contributed by atoms with Crippen molar-refractivity contribution in [2.45, 2.75) is 32.3 Å². The summed E-state index contributed by atoms with van der Waals surface area (Å²) in [5.41, 5.74) is 1.15. The average Bonchev–Trinajstić information content (AvgIpc) is 2.71. The molecule has 2 fully saturated rings. The summed E-state index contributed by atoms with van der Waals surface area (Å²) in [4.78, 5) is 19.6. The van der Waals surface area contributed by atoms with Crippen molar-refractivity contribution in [3.8, 4) is 11.5 Å². The van der Waals surface area contributed by atoms with Crippen LogP contribution in [0, 0.1) is 12.3 Å². The Bertz CT molecular complexity index is 916. The molecule has 1 aromatic heterocycles. The number of methoxy groups -OCH3 is 2. The van der Waals surface area contributed by atoms with Gasteiger partial charge in [-0.25, -0.2) is 4.98 Å². The minimum Gasteiger partial charge on any atom is -0.493 e. The van der Waals surface area contributed by atoms with Crippen LogP contribution in [-0.2, 0) is 4.79 Å². The smallest absolute Gasteiger partial charge is 0.230 e. The van der Waals surface area contributed by atoms with E-state index in [-0.39, 0.29) is 5.91 Å². The maximum Gasteiger partial charge on any atom is 0.230 e. The van der Waals surface area contributed by atoms with E-state index in [2.05, 4.69) is 10.2 Å². The van der Waals surface area contributed by atoms with Crippen molar-refractivity contribution in [1.29, 1.82) is 0 Å². The third-order valence-corrected chi connectivity index (χ3v) is 6.15. The number of hydrogen-bond donors (Lipinski definition) is 2. The zero-order valence-electron chi connectivity index (χ0n) is 16.6. The Hall–Kier alpha value is -2.54. The van der Waals surface area contributed by atoms with Gasteiger partial charge in [0.15, 0.2) is 11.5 Å². The highest BCUT2D eigenvalue weighted by Gasteiger charge is 2.50. The molecule has 2 N–H and O–H groups in total. The van der Waals surface area contributed by atoms with Gasteiger partial charge in [0.1, 0.15) is 5.82 Å². The molecule has 0 saturated carbocycles. The van der Waals surface area contributed by atoms with Crippen molar-refractivity contribution in [2.75, 3.05) is 38.8 Å². The summed E-state index contributed by atoms with van der Waals surface area (Å²) in [7, 11) is 3.23. The second kappa shape index (κ2) is 7.13. The molecule has 28 heavy (non-hydrogen) atoms. The summed E-state index contributed by atoms with van der Waals surface area (Å²) in [5, 5.41) is 14.6. The fourth-order valence-electron chi connectivity index (χ4n) is 4.50. The number of fused-ring (bicyclic) bond motifs is 1. The summed E-state index contributed by atoms with van der Waals surface area (Å²) in [6, 6.07) is 5.86. The number of nitrogens with zero attached hydrogens (tertiary/aromatic N) is 2. The number of rotatable bonds is 3. The van der Waals surface area contributed by atoms with Gasteiger partial charge in [-0.15, -0.1) is 0 Å². The van der Waals surface area contributed by atoms with E-state index in [9.17, 15) is 9.90 Å². The lowest BCUT2D eigenvalue weighted by Gasteiger charge is -2.47. The number of aliphatic hydroxyl groups excluding tert-OH is 1. The van der Waals surface area contributed by atoms with Gasteiger partial charge in [0.25, 0.3) is 0 Å². The van der Waals surface area contributed by atoms with Gasteiger partial charge in [0.2, 0.25) is 5.91 Å². The van der Waals surface area contributed by atoms with Gasteiger partial charge in [-0.1, -0.05) is 0 Å². The highest BCUT2D eigenvalue weighted by molar-refractivity contribution is 5.88. The van der Waals surface area contributed by atoms with Crippen molar-refractivity contribution in [3.05, 3.63) is 23.8 Å². The molecule has 2 aliphatic heterocycles. The van der Waals surface area contributed by atoms with E-state index in [1.807, 2.05) is 25.1 Å². The van der Waals surface area contributed by atoms with E-state index in [0.717, 1.165) is 28.7 Å². The van der Waals surface area contributed by atoms with Crippen LogP contribution in [0.5, 0.6) is 11.5 Å². The number of nitrogens with one attached hydrogen (secondary N) is 1. The fourth-order valence-corrected chi connectivity index (χ4v) is 4.50. The van der Waals surface area contributed by atoms with Gasteiger partial charge in [0, 0.05) is 31.1 Å². The number of aromatic nitrogens is 1. The quantitative estimate of drug-likeness (QED) is 0.841. The number of piperidine rings is 2. The van der Waals surface area contributed by atoms with Crippen LogP contribution in [0.15, 0.2) is 18.2 Å². The highest BCUT2D eigenvalue weighted by Crippen LogP contribution is 2.40. The summed E-state index contributed by atoms with van der Waals surface area (Å²) >= 11 is 0. The summed E-state index contributed by atoms with van der Waals surface area (Å²) in [6.07, 6.45) is 1.53. The van der Waals surface area contributed by atoms with E-state index >= 15 is 0 Å². The molecule has 150 valence electrons. The normalized spacial score (nSPS) is 25.1. The Morgan fingerprint density at radius 2 is 2.00 bits per heavy atom. The van der Waals surface area contributed by atoms with Gasteiger partial charge in [0.05, 0.1) is 31.3 Å². The summed E-state index contributed by atoms with van der Waals surface area (Å²) in [5.74, 6) is 2.09. The van der Waals surface area contributed by atoms with Crippen LogP contribution in [0.1, 0.15) is 24.8 Å². The highest BCUT2D eigenvalue weighted by atomic mass is 16.5. The molecule has 1 amide bonds. The first-order valence-corrected chi connectivity index (χ1v) is 9.73. The Morgan fingerprint density at radius 1 is 1.25 bits per heavy atom. The average molecular weight is 385 g/mol. The van der Waals surface area contributed by atoms with Gasteiger partial charge >= 0.3 is 0 Å². The van der Waals surface area contributed by atoms with Crippen molar-refractivity contribution >= 4 is 22.6 Å². The molecule has 7 nitrogen and oxygen atoms in total. The zero-order chi connectivity index (χ0) is 19.9. The molecule has 3 heterocycles. The first-order valence-electron chi connectivity index (χ1n) is 9.73. The standard InChI is InChI=1S/C21H27N3O4/c1-13-9-19(23-15-11-17(28-3)16(27-2)10-14(13)15)24-8-5-18(25)21(12-24)6-4-7-22-20(21)26/h9-11,18,25H,4-8,12H2,1-3H3,(H,22,26)/t18-,21+/m0/s1. The Kier molecular flexibility index (Phi) is 4.79. The number of pyridine rings is 1. The Morgan fingerprint density at radius 3 is 2.71 bits per heavy atom. The third kappa shape index (κ3) is 2.94. The van der Waals surface area contributed by atoms with E-state index < -0.39 is 11.5 Å². The van der Waals surface area contributed by atoms with Crippen LogP contribution in [0.25, 0.3) is 10.9 Å². The van der Waals surface area contributed by atoms with Crippen molar-refractivity contribution in [2.24, 2.45) is 5.41 Å². The van der Waals surface area contributed by atoms with Crippen LogP contribution in [0.4, 0.5) is 5.82 Å². The molecule has 2 aromatic rings. The van der Waals surface area contributed by atoms with E-state index in [1.54, 1.807) is 14.2 Å². The number of anilines is 1. The van der Waals surface area contributed by atoms with Gasteiger partial charge in [-0.3, -0.25) is 4.79 Å². The molecule has 2 aliphatic rings. The van der Waals surface area contributed by atoms with Gasteiger partial charge in [-0.2, -0.15) is 0 Å². The first-order chi connectivity index (χ1) is 13.5. The summed E-state index contributed by atoms with van der Waals surface area (Å²) < 4.78 is 10.8. The van der Waals surface area contributed by atoms with Crippen molar-refractivity contribution in [3.63, 3.8) is 0 Å². The lowest BCUT2D eigenvalue weighted by Crippen LogP contribution is -2.61. The zero-order valence-corrected chi connectivity index (χ0v) is 16.6. The molecule has 7 heteroatoms. The number of aliphatic hydroxyl groups is 1. The number of carbonyl (C=O) groups excluding carboxylic acids is 1. The van der Waals surface area contributed by atoms with Gasteiger partial charge in [-0.05, 0) is 43.9 Å². The minimum absolute atomic E-state index is 0.0418. The first kappa shape index (κ1) is 18.8. The van der Waals surface area contributed by atoms with Crippen molar-refractivity contribution in [1.82, 2.24) is 10.3 Å². The van der Waals surface area contributed by atoms with E-state index in [0.29, 0.717) is 44.0 Å². The van der Waals surface area contributed by atoms with Crippen LogP contribution in [0.2, 0.25) is 0 Å². The molecular formula is C21H27N3O4. The maximum absolute atomic E-state index is 12.6. The van der Waals surface area contributed by atoms with Crippen LogP contribution in [-0.4, -0.2) is 56.0 Å². The topological polar surface area (TPSA) is 83.9 Å². The third-order valence-electron chi connectivity index (χ3n) is 6.15. The van der Waals surface area contributed by atoms with Crippen LogP contribution >= 0.6 is 0 Å². The lowest BCUT2D eigenvalue weighted by atomic mass is 9.71. The lowest BCUT2D eigenvalue weighted by molar-refractivity contribution is -0.142. The second-order valence-corrected chi connectivity index (χ2v) is 7.76. The second-order valence-electron chi connectivity index (χ2n) is 7.76. The number of ether oxygens (including phenoxy) is 2. The predicted octanol–water partition coefficient (Wildman–Crippen LogP) is 2.03. The molecule has 0 aliphatic carbocycles. The molecule has 0 unspecified atom stereocenters. The molecule has 2 saturated heterocycles. The summed E-state index contributed by atoms with van der Waals surface area (Å²) in [6.45, 7) is 3.87. The monoisotopic (exact) mass is 385 g/mol.